The van der Waals surface area contributed by atoms with E-state index in [0.29, 0.717) is 5.70 Å². The molecule has 1 atom stereocenters. The van der Waals surface area contributed by atoms with E-state index in [1.807, 2.05) is 6.08 Å². The maximum atomic E-state index is 10.7. The Labute approximate surface area is 70.6 Å². The molecule has 1 amide bonds. The smallest absolute Gasteiger partial charge is 0.240 e. The van der Waals surface area contributed by atoms with Crippen LogP contribution in [0.5, 0.6) is 0 Å². The molecule has 1 heterocycles. The molecule has 1 rings (SSSR count). The fourth-order valence-electron chi connectivity index (χ4n) is 0.818. The number of carbonyl (C=O) groups is 1. The van der Waals surface area contributed by atoms with Gasteiger partial charge in [0.05, 0.1) is 0 Å². The van der Waals surface area contributed by atoms with Crippen LogP contribution >= 0.6 is 0 Å². The zero-order chi connectivity index (χ0) is 8.97. The van der Waals surface area contributed by atoms with Crippen LogP contribution in [0.25, 0.3) is 0 Å². The molecule has 0 aliphatic carbocycles. The van der Waals surface area contributed by atoms with E-state index in [2.05, 4.69) is 5.32 Å². The quantitative estimate of drug-likeness (QED) is 0.509. The molecular weight excluding hydrogens is 154 g/mol. The number of rotatable bonds is 2. The van der Waals surface area contributed by atoms with Crippen LogP contribution in [0.4, 0.5) is 0 Å². The Balaban J connectivity index is 2.74. The third-order valence-electron chi connectivity index (χ3n) is 1.49. The molecule has 0 radical (unpaired) electrons. The molecule has 1 aliphatic rings. The van der Waals surface area contributed by atoms with E-state index in [0.717, 1.165) is 0 Å². The first-order chi connectivity index (χ1) is 5.72. The van der Waals surface area contributed by atoms with E-state index in [1.165, 1.54) is 0 Å². The molecule has 0 aromatic heterocycles. The lowest BCUT2D eigenvalue weighted by Crippen LogP contribution is -2.41. The first-order valence-electron chi connectivity index (χ1n) is 3.56. The molecule has 12 heavy (non-hydrogen) atoms. The van der Waals surface area contributed by atoms with E-state index < -0.39 is 11.9 Å². The van der Waals surface area contributed by atoms with Gasteiger partial charge in [-0.3, -0.25) is 4.79 Å². The second-order valence-electron chi connectivity index (χ2n) is 2.39. The van der Waals surface area contributed by atoms with Crippen molar-refractivity contribution in [2.24, 2.45) is 11.5 Å². The average Bonchev–Trinajstić information content (AvgIpc) is 2.30. The second-order valence-corrected chi connectivity index (χ2v) is 2.39. The summed E-state index contributed by atoms with van der Waals surface area (Å²) in [5.74, 6) is -0.544. The maximum Gasteiger partial charge on any atom is 0.240 e. The second kappa shape index (κ2) is 3.73. The summed E-state index contributed by atoms with van der Waals surface area (Å²) in [7, 11) is 0. The normalized spacial score (nSPS) is 17.6. The van der Waals surface area contributed by atoms with Crippen molar-refractivity contribution >= 4 is 5.91 Å². The minimum Gasteiger partial charge on any atom is -0.368 e. The zero-order valence-electron chi connectivity index (χ0n) is 6.53. The number of nitrogens with one attached hydrogen (secondary N) is 1. The molecule has 1 aliphatic heterocycles. The topological polar surface area (TPSA) is 81.1 Å². The molecule has 1 unspecified atom stereocenters. The summed E-state index contributed by atoms with van der Waals surface area (Å²) >= 11 is 0. The van der Waals surface area contributed by atoms with Crippen LogP contribution in [0.2, 0.25) is 0 Å². The summed E-state index contributed by atoms with van der Waals surface area (Å²) in [6.07, 6.45) is 8.83. The fourth-order valence-corrected chi connectivity index (χ4v) is 0.818. The number of hydrogen-bond donors (Lipinski definition) is 3. The Bertz CT molecular complexity index is 265. The lowest BCUT2D eigenvalue weighted by molar-refractivity contribution is -0.118. The number of nitrogens with two attached hydrogens (primary N) is 2. The van der Waals surface area contributed by atoms with Crippen molar-refractivity contribution in [1.29, 1.82) is 0 Å². The Kier molecular flexibility index (Phi) is 2.66. The predicted octanol–water partition coefficient (Wildman–Crippen LogP) is -0.644. The van der Waals surface area contributed by atoms with Crippen molar-refractivity contribution < 1.29 is 4.79 Å². The van der Waals surface area contributed by atoms with Gasteiger partial charge in [-0.25, -0.2) is 0 Å². The summed E-state index contributed by atoms with van der Waals surface area (Å²) in [4.78, 5) is 10.7. The lowest BCUT2D eigenvalue weighted by atomic mass is 10.2. The molecule has 0 aromatic rings. The van der Waals surface area contributed by atoms with Crippen molar-refractivity contribution in [3.05, 3.63) is 36.2 Å². The van der Waals surface area contributed by atoms with Gasteiger partial charge in [-0.05, 0) is 12.2 Å². The van der Waals surface area contributed by atoms with E-state index >= 15 is 0 Å². The van der Waals surface area contributed by atoms with E-state index in [9.17, 15) is 4.79 Å². The Morgan fingerprint density at radius 3 is 2.83 bits per heavy atom. The van der Waals surface area contributed by atoms with E-state index in [4.69, 9.17) is 11.5 Å². The van der Waals surface area contributed by atoms with Crippen molar-refractivity contribution in [3.63, 3.8) is 0 Å². The van der Waals surface area contributed by atoms with Gasteiger partial charge >= 0.3 is 0 Å². The highest BCUT2D eigenvalue weighted by Gasteiger charge is 2.13. The van der Waals surface area contributed by atoms with Crippen LogP contribution in [0.3, 0.4) is 0 Å². The number of amides is 1. The van der Waals surface area contributed by atoms with Gasteiger partial charge < -0.3 is 16.8 Å². The highest BCUT2D eigenvalue weighted by Crippen LogP contribution is 1.99. The van der Waals surface area contributed by atoms with Crippen molar-refractivity contribution in [2.75, 3.05) is 0 Å². The molecule has 5 N–H and O–H groups in total. The minimum atomic E-state index is -0.766. The molecule has 0 fully saturated rings. The fraction of sp³-hybridized carbons (Fsp3) is 0.125. The standard InChI is InChI=1S/C8H11N3O/c9-7(8(10)12)6-4-2-1-3-5-11-6/h1-5,7,11H,9H2,(H2,10,12). The van der Waals surface area contributed by atoms with Gasteiger partial charge in [-0.1, -0.05) is 12.2 Å². The minimum absolute atomic E-state index is 0.544. The van der Waals surface area contributed by atoms with Crippen LogP contribution in [0.15, 0.2) is 36.2 Å². The van der Waals surface area contributed by atoms with Crippen molar-refractivity contribution in [2.45, 2.75) is 6.04 Å². The third kappa shape index (κ3) is 1.96. The van der Waals surface area contributed by atoms with Crippen LogP contribution in [-0.4, -0.2) is 11.9 Å². The summed E-state index contributed by atoms with van der Waals surface area (Å²) < 4.78 is 0. The highest BCUT2D eigenvalue weighted by atomic mass is 16.1. The van der Waals surface area contributed by atoms with Crippen LogP contribution < -0.4 is 16.8 Å². The maximum absolute atomic E-state index is 10.7. The van der Waals surface area contributed by atoms with Gasteiger partial charge in [0.25, 0.3) is 0 Å². The van der Waals surface area contributed by atoms with Gasteiger partial charge in [0.1, 0.15) is 6.04 Å². The molecule has 0 spiro atoms. The van der Waals surface area contributed by atoms with E-state index in [1.54, 1.807) is 24.4 Å². The number of allylic oxidation sites excluding steroid dienone is 4. The SMILES string of the molecule is NC(=O)C(N)C1=CC=CC=CN1. The van der Waals surface area contributed by atoms with Gasteiger partial charge in [-0.15, -0.1) is 0 Å². The summed E-state index contributed by atoms with van der Waals surface area (Å²) in [6, 6.07) is -0.766. The molecular formula is C8H11N3O. The highest BCUT2D eigenvalue weighted by molar-refractivity contribution is 5.83. The number of hydrogen-bond acceptors (Lipinski definition) is 3. The zero-order valence-corrected chi connectivity index (χ0v) is 6.53. The van der Waals surface area contributed by atoms with Gasteiger partial charge in [0.15, 0.2) is 0 Å². The largest absolute Gasteiger partial charge is 0.368 e. The average molecular weight is 165 g/mol. The predicted molar refractivity (Wildman–Crippen MR) is 46.7 cm³/mol. The Morgan fingerprint density at radius 1 is 1.42 bits per heavy atom. The molecule has 64 valence electrons. The van der Waals surface area contributed by atoms with Crippen LogP contribution in [0.1, 0.15) is 0 Å². The number of primary amides is 1. The Morgan fingerprint density at radius 2 is 2.17 bits per heavy atom. The lowest BCUT2D eigenvalue weighted by Gasteiger charge is -2.10. The first kappa shape index (κ1) is 8.55. The molecule has 4 nitrogen and oxygen atoms in total. The summed E-state index contributed by atoms with van der Waals surface area (Å²) in [5, 5.41) is 2.85. The molecule has 0 bridgehead atoms. The van der Waals surface area contributed by atoms with Crippen LogP contribution in [0, 0.1) is 0 Å². The van der Waals surface area contributed by atoms with Crippen LogP contribution in [-0.2, 0) is 4.79 Å². The summed E-state index contributed by atoms with van der Waals surface area (Å²) in [6.45, 7) is 0. The van der Waals surface area contributed by atoms with Gasteiger partial charge in [0.2, 0.25) is 5.91 Å². The summed E-state index contributed by atoms with van der Waals surface area (Å²) in [5.41, 5.74) is 11.1. The molecule has 0 saturated heterocycles. The molecule has 0 aromatic carbocycles. The Hall–Kier alpha value is -1.55. The first-order valence-corrected chi connectivity index (χ1v) is 3.56. The molecule has 0 saturated carbocycles. The van der Waals surface area contributed by atoms with Crippen molar-refractivity contribution in [1.82, 2.24) is 5.32 Å². The molecule has 4 heteroatoms. The third-order valence-corrected chi connectivity index (χ3v) is 1.49. The van der Waals surface area contributed by atoms with E-state index in [-0.39, 0.29) is 0 Å². The van der Waals surface area contributed by atoms with Gasteiger partial charge in [0, 0.05) is 11.9 Å². The van der Waals surface area contributed by atoms with Crippen molar-refractivity contribution in [3.8, 4) is 0 Å². The van der Waals surface area contributed by atoms with Gasteiger partial charge in [-0.2, -0.15) is 0 Å². The number of carbonyl (C=O) groups excluding carboxylic acids is 1. The monoisotopic (exact) mass is 165 g/mol.